The van der Waals surface area contributed by atoms with Crippen molar-refractivity contribution in [3.8, 4) is 11.1 Å². The topological polar surface area (TPSA) is 38.9 Å². The van der Waals surface area contributed by atoms with E-state index in [1.807, 2.05) is 19.2 Å². The molecule has 0 bridgehead atoms. The second-order valence-electron chi connectivity index (χ2n) is 5.26. The first-order chi connectivity index (χ1) is 9.74. The van der Waals surface area contributed by atoms with Gasteiger partial charge in [0.15, 0.2) is 0 Å². The number of aromatic nitrogens is 1. The first-order valence-corrected chi connectivity index (χ1v) is 6.93. The van der Waals surface area contributed by atoms with Gasteiger partial charge in [0.2, 0.25) is 0 Å². The van der Waals surface area contributed by atoms with E-state index in [0.29, 0.717) is 0 Å². The van der Waals surface area contributed by atoms with Crippen LogP contribution in [-0.4, -0.2) is 11.0 Å². The molecular weight excluding hydrogens is 244 g/mol. The fourth-order valence-electron chi connectivity index (χ4n) is 2.53. The number of hydrogen-bond acceptors (Lipinski definition) is 2. The normalized spacial score (nSPS) is 12.5. The van der Waals surface area contributed by atoms with Gasteiger partial charge in [0, 0.05) is 23.2 Å². The Kier molecular flexibility index (Phi) is 3.48. The third-order valence-electron chi connectivity index (χ3n) is 3.46. The van der Waals surface area contributed by atoms with Crippen LogP contribution >= 0.6 is 0 Å². The van der Waals surface area contributed by atoms with E-state index >= 15 is 0 Å². The van der Waals surface area contributed by atoms with Gasteiger partial charge in [0.25, 0.3) is 0 Å². The molecule has 0 spiro atoms. The van der Waals surface area contributed by atoms with Crippen LogP contribution in [0.4, 0.5) is 0 Å². The molecule has 3 rings (SSSR count). The maximum absolute atomic E-state index is 5.84. The highest BCUT2D eigenvalue weighted by molar-refractivity contribution is 5.93. The molecule has 0 amide bonds. The summed E-state index contributed by atoms with van der Waals surface area (Å²) in [6.45, 7) is 2.03. The van der Waals surface area contributed by atoms with Crippen molar-refractivity contribution in [3.05, 3.63) is 66.4 Å². The molecule has 2 aromatic carbocycles. The third kappa shape index (κ3) is 2.56. The quantitative estimate of drug-likeness (QED) is 0.780. The van der Waals surface area contributed by atoms with Crippen molar-refractivity contribution in [2.45, 2.75) is 19.4 Å². The van der Waals surface area contributed by atoms with Crippen LogP contribution in [0.1, 0.15) is 12.5 Å². The number of fused-ring (bicyclic) bond motifs is 1. The van der Waals surface area contributed by atoms with E-state index in [-0.39, 0.29) is 6.04 Å². The van der Waals surface area contributed by atoms with Gasteiger partial charge in [-0.2, -0.15) is 0 Å². The molecule has 0 fully saturated rings. The van der Waals surface area contributed by atoms with E-state index in [0.717, 1.165) is 11.9 Å². The molecule has 0 aliphatic rings. The molecule has 1 atom stereocenters. The highest BCUT2D eigenvalue weighted by atomic mass is 14.6. The maximum Gasteiger partial charge on any atom is 0.0780 e. The Bertz CT molecular complexity index is 710. The van der Waals surface area contributed by atoms with Gasteiger partial charge in [-0.15, -0.1) is 0 Å². The minimum absolute atomic E-state index is 0.195. The molecule has 0 saturated heterocycles. The molecular formula is C18H18N2. The molecule has 0 aliphatic heterocycles. The van der Waals surface area contributed by atoms with E-state index in [1.165, 1.54) is 22.1 Å². The van der Waals surface area contributed by atoms with Crippen LogP contribution in [0.5, 0.6) is 0 Å². The summed E-state index contributed by atoms with van der Waals surface area (Å²) < 4.78 is 0. The minimum atomic E-state index is 0.195. The molecule has 3 aromatic rings. The van der Waals surface area contributed by atoms with Crippen molar-refractivity contribution in [1.29, 1.82) is 0 Å². The van der Waals surface area contributed by atoms with Gasteiger partial charge >= 0.3 is 0 Å². The van der Waals surface area contributed by atoms with Gasteiger partial charge in [-0.05, 0) is 30.5 Å². The van der Waals surface area contributed by atoms with E-state index in [4.69, 9.17) is 5.73 Å². The van der Waals surface area contributed by atoms with Crippen molar-refractivity contribution in [2.75, 3.05) is 0 Å². The van der Waals surface area contributed by atoms with Crippen LogP contribution in [0.3, 0.4) is 0 Å². The Balaban J connectivity index is 2.03. The number of benzene rings is 2. The van der Waals surface area contributed by atoms with Crippen LogP contribution in [0.25, 0.3) is 22.0 Å². The van der Waals surface area contributed by atoms with Crippen molar-refractivity contribution in [3.63, 3.8) is 0 Å². The summed E-state index contributed by atoms with van der Waals surface area (Å²) in [6.07, 6.45) is 2.75. The molecule has 0 aliphatic carbocycles. The lowest BCUT2D eigenvalue weighted by molar-refractivity contribution is 0.738. The van der Waals surface area contributed by atoms with Gasteiger partial charge < -0.3 is 5.73 Å². The van der Waals surface area contributed by atoms with Crippen molar-refractivity contribution in [2.24, 2.45) is 5.73 Å². The van der Waals surface area contributed by atoms with E-state index in [2.05, 4.69) is 53.5 Å². The summed E-state index contributed by atoms with van der Waals surface area (Å²) in [4.78, 5) is 4.51. The standard InChI is InChI=1S/C18H18N2/c1-13(19)12-14-7-9-15(10-8-14)17-6-2-4-16-5-3-11-20-18(16)17/h2-11,13H,12,19H2,1H3. The molecule has 20 heavy (non-hydrogen) atoms. The number of nitrogens with two attached hydrogens (primary N) is 1. The molecule has 2 heteroatoms. The Morgan fingerprint density at radius 3 is 2.50 bits per heavy atom. The SMILES string of the molecule is CC(N)Cc1ccc(-c2cccc3cccnc23)cc1. The largest absolute Gasteiger partial charge is 0.328 e. The third-order valence-corrected chi connectivity index (χ3v) is 3.46. The summed E-state index contributed by atoms with van der Waals surface area (Å²) in [5.74, 6) is 0. The Labute approximate surface area is 119 Å². The predicted octanol–water partition coefficient (Wildman–Crippen LogP) is 3.79. The summed E-state index contributed by atoms with van der Waals surface area (Å²) >= 11 is 0. The van der Waals surface area contributed by atoms with E-state index < -0.39 is 0 Å². The summed E-state index contributed by atoms with van der Waals surface area (Å²) in [5.41, 5.74) is 10.5. The first-order valence-electron chi connectivity index (χ1n) is 6.93. The van der Waals surface area contributed by atoms with E-state index in [1.54, 1.807) is 0 Å². The summed E-state index contributed by atoms with van der Waals surface area (Å²) in [5, 5.41) is 1.17. The van der Waals surface area contributed by atoms with Crippen molar-refractivity contribution in [1.82, 2.24) is 4.98 Å². The lowest BCUT2D eigenvalue weighted by Crippen LogP contribution is -2.17. The number of nitrogens with zero attached hydrogens (tertiary/aromatic N) is 1. The fourth-order valence-corrected chi connectivity index (χ4v) is 2.53. The highest BCUT2D eigenvalue weighted by Crippen LogP contribution is 2.27. The molecule has 100 valence electrons. The Morgan fingerprint density at radius 1 is 1.00 bits per heavy atom. The Morgan fingerprint density at radius 2 is 1.75 bits per heavy atom. The average molecular weight is 262 g/mol. The first kappa shape index (κ1) is 12.8. The number of pyridine rings is 1. The number of para-hydroxylation sites is 1. The monoisotopic (exact) mass is 262 g/mol. The maximum atomic E-state index is 5.84. The predicted molar refractivity (Wildman–Crippen MR) is 84.5 cm³/mol. The van der Waals surface area contributed by atoms with Gasteiger partial charge in [0.05, 0.1) is 5.52 Å². The molecule has 1 heterocycles. The molecule has 0 radical (unpaired) electrons. The van der Waals surface area contributed by atoms with Crippen molar-refractivity contribution < 1.29 is 0 Å². The van der Waals surface area contributed by atoms with Crippen LogP contribution in [0.15, 0.2) is 60.8 Å². The van der Waals surface area contributed by atoms with Gasteiger partial charge in [-0.3, -0.25) is 4.98 Å². The highest BCUT2D eigenvalue weighted by Gasteiger charge is 2.05. The van der Waals surface area contributed by atoms with Crippen LogP contribution in [0, 0.1) is 0 Å². The molecule has 0 saturated carbocycles. The van der Waals surface area contributed by atoms with Gasteiger partial charge in [-0.25, -0.2) is 0 Å². The second kappa shape index (κ2) is 5.43. The number of hydrogen-bond donors (Lipinski definition) is 1. The van der Waals surface area contributed by atoms with Gasteiger partial charge in [-0.1, -0.05) is 48.5 Å². The zero-order valence-electron chi connectivity index (χ0n) is 11.6. The second-order valence-corrected chi connectivity index (χ2v) is 5.26. The lowest BCUT2D eigenvalue weighted by atomic mass is 9.99. The molecule has 1 aromatic heterocycles. The fraction of sp³-hybridized carbons (Fsp3) is 0.167. The van der Waals surface area contributed by atoms with E-state index in [9.17, 15) is 0 Å². The van der Waals surface area contributed by atoms with Crippen molar-refractivity contribution >= 4 is 10.9 Å². The summed E-state index contributed by atoms with van der Waals surface area (Å²) in [6, 6.07) is 19.2. The Hall–Kier alpha value is -2.19. The zero-order valence-corrected chi connectivity index (χ0v) is 11.6. The average Bonchev–Trinajstić information content (AvgIpc) is 2.47. The molecule has 2 N–H and O–H groups in total. The molecule has 2 nitrogen and oxygen atoms in total. The van der Waals surface area contributed by atoms with Crippen LogP contribution < -0.4 is 5.73 Å². The molecule has 1 unspecified atom stereocenters. The van der Waals surface area contributed by atoms with Crippen LogP contribution in [-0.2, 0) is 6.42 Å². The smallest absolute Gasteiger partial charge is 0.0780 e. The lowest BCUT2D eigenvalue weighted by Gasteiger charge is -2.08. The minimum Gasteiger partial charge on any atom is -0.328 e. The van der Waals surface area contributed by atoms with Gasteiger partial charge in [0.1, 0.15) is 0 Å². The number of rotatable bonds is 3. The summed E-state index contributed by atoms with van der Waals surface area (Å²) in [7, 11) is 0. The van der Waals surface area contributed by atoms with Crippen LogP contribution in [0.2, 0.25) is 0 Å². The zero-order chi connectivity index (χ0) is 13.9.